The summed E-state index contributed by atoms with van der Waals surface area (Å²) in [5.41, 5.74) is 2.66. The summed E-state index contributed by atoms with van der Waals surface area (Å²) in [5.74, 6) is 3.15. The van der Waals surface area contributed by atoms with Crippen molar-refractivity contribution in [2.75, 3.05) is 26.3 Å². The van der Waals surface area contributed by atoms with Gasteiger partial charge in [0.2, 0.25) is 0 Å². The van der Waals surface area contributed by atoms with E-state index in [0.717, 1.165) is 11.5 Å². The standard InChI is InChI=1S/2C18H29NO2/c2*1-18(2,3)19-12-15(20)13-21-17-11-7-6-10-16(17)14-8-4-5-9-14/h2*6-7,10-11,14-15,19-20H,4-5,8-9,12-13H2,1-3H3/t2*15-/m00/s1. The highest BCUT2D eigenvalue weighted by Crippen LogP contribution is 2.39. The second-order valence-corrected chi connectivity index (χ2v) is 14.2. The van der Waals surface area contributed by atoms with Crippen LogP contribution in [0.5, 0.6) is 11.5 Å². The van der Waals surface area contributed by atoms with Gasteiger partial charge in [-0.15, -0.1) is 0 Å². The summed E-state index contributed by atoms with van der Waals surface area (Å²) in [6.45, 7) is 14.3. The van der Waals surface area contributed by atoms with Gasteiger partial charge in [0.1, 0.15) is 36.9 Å². The zero-order chi connectivity index (χ0) is 30.6. The van der Waals surface area contributed by atoms with E-state index in [-0.39, 0.29) is 11.1 Å². The molecule has 0 spiro atoms. The van der Waals surface area contributed by atoms with Gasteiger partial charge in [-0.25, -0.2) is 0 Å². The average molecular weight is 583 g/mol. The molecule has 236 valence electrons. The van der Waals surface area contributed by atoms with Crippen molar-refractivity contribution >= 4 is 0 Å². The third-order valence-corrected chi connectivity index (χ3v) is 8.03. The summed E-state index contributed by atoms with van der Waals surface area (Å²) in [5, 5.41) is 26.7. The number of nitrogens with one attached hydrogen (secondary N) is 2. The Morgan fingerprint density at radius 2 is 0.952 bits per heavy atom. The van der Waals surface area contributed by atoms with Crippen molar-refractivity contribution in [2.45, 2.75) is 128 Å². The van der Waals surface area contributed by atoms with Crippen molar-refractivity contribution in [3.05, 3.63) is 59.7 Å². The van der Waals surface area contributed by atoms with Gasteiger partial charge < -0.3 is 30.3 Å². The Kier molecular flexibility index (Phi) is 13.6. The number of hydrogen-bond donors (Lipinski definition) is 4. The molecule has 2 aromatic rings. The van der Waals surface area contributed by atoms with Crippen molar-refractivity contribution in [3.63, 3.8) is 0 Å². The highest BCUT2D eigenvalue weighted by molar-refractivity contribution is 5.37. The number of β-amino-alcohol motifs (C(OH)–C–C–N with tert-alkyl or cyclic N) is 2. The highest BCUT2D eigenvalue weighted by atomic mass is 16.5. The SMILES string of the molecule is CC(C)(C)NC[C@H](O)COc1ccccc1C1CCCC1.CC(C)(C)NC[C@H](O)COc1ccccc1C1CCCC1. The summed E-state index contributed by atoms with van der Waals surface area (Å²) in [4.78, 5) is 0. The van der Waals surface area contributed by atoms with E-state index in [2.05, 4.69) is 76.4 Å². The Bertz CT molecular complexity index is 950. The molecule has 0 aliphatic heterocycles. The molecular weight excluding hydrogens is 524 g/mol. The fourth-order valence-corrected chi connectivity index (χ4v) is 5.71. The molecule has 2 fully saturated rings. The first-order chi connectivity index (χ1) is 19.9. The highest BCUT2D eigenvalue weighted by Gasteiger charge is 2.22. The number of ether oxygens (including phenoxy) is 2. The fourth-order valence-electron chi connectivity index (χ4n) is 5.71. The average Bonchev–Trinajstić information content (AvgIpc) is 3.68. The minimum Gasteiger partial charge on any atom is -0.491 e. The monoisotopic (exact) mass is 582 g/mol. The smallest absolute Gasteiger partial charge is 0.122 e. The van der Waals surface area contributed by atoms with Crippen LogP contribution in [0.2, 0.25) is 0 Å². The van der Waals surface area contributed by atoms with Gasteiger partial charge >= 0.3 is 0 Å². The van der Waals surface area contributed by atoms with Gasteiger partial charge in [0.25, 0.3) is 0 Å². The number of benzene rings is 2. The van der Waals surface area contributed by atoms with Gasteiger partial charge in [-0.2, -0.15) is 0 Å². The Morgan fingerprint density at radius 3 is 1.29 bits per heavy atom. The Balaban J connectivity index is 0.000000230. The van der Waals surface area contributed by atoms with Crippen LogP contribution in [0.1, 0.15) is 116 Å². The molecule has 0 heterocycles. The first-order valence-electron chi connectivity index (χ1n) is 16.2. The number of hydrogen-bond acceptors (Lipinski definition) is 6. The minimum absolute atomic E-state index is 0.0166. The summed E-state index contributed by atoms with van der Waals surface area (Å²) < 4.78 is 11.8. The molecule has 0 saturated heterocycles. The van der Waals surface area contributed by atoms with Crippen molar-refractivity contribution in [2.24, 2.45) is 0 Å². The Labute approximate surface area is 255 Å². The molecule has 2 atom stereocenters. The number of rotatable bonds is 12. The van der Waals surface area contributed by atoms with E-state index in [1.807, 2.05) is 24.3 Å². The topological polar surface area (TPSA) is 83.0 Å². The summed E-state index contributed by atoms with van der Waals surface area (Å²) in [6, 6.07) is 16.6. The molecule has 0 aromatic heterocycles. The van der Waals surface area contributed by atoms with E-state index in [0.29, 0.717) is 38.1 Å². The molecule has 0 radical (unpaired) electrons. The second kappa shape index (κ2) is 16.7. The summed E-state index contributed by atoms with van der Waals surface area (Å²) in [7, 11) is 0. The van der Waals surface area contributed by atoms with Crippen molar-refractivity contribution in [1.29, 1.82) is 0 Å². The number of aliphatic hydroxyl groups excluding tert-OH is 2. The normalized spacial score (nSPS) is 17.9. The van der Waals surface area contributed by atoms with Gasteiger partial charge in [0, 0.05) is 24.2 Å². The molecule has 6 nitrogen and oxygen atoms in total. The number of para-hydroxylation sites is 2. The maximum absolute atomic E-state index is 10.0. The van der Waals surface area contributed by atoms with Crippen LogP contribution in [0, 0.1) is 0 Å². The molecule has 2 aromatic carbocycles. The zero-order valence-electron chi connectivity index (χ0n) is 27.1. The predicted octanol–water partition coefficient (Wildman–Crippen LogP) is 6.94. The lowest BCUT2D eigenvalue weighted by Gasteiger charge is -2.23. The van der Waals surface area contributed by atoms with Gasteiger partial charge in [0.05, 0.1) is 0 Å². The summed E-state index contributed by atoms with van der Waals surface area (Å²) in [6.07, 6.45) is 9.33. The van der Waals surface area contributed by atoms with E-state index >= 15 is 0 Å². The molecule has 6 heteroatoms. The molecule has 4 N–H and O–H groups in total. The third kappa shape index (κ3) is 12.6. The molecule has 0 unspecified atom stereocenters. The summed E-state index contributed by atoms with van der Waals surface area (Å²) >= 11 is 0. The molecular formula is C36H58N2O4. The second-order valence-electron chi connectivity index (χ2n) is 14.2. The van der Waals surface area contributed by atoms with Crippen LogP contribution in [-0.4, -0.2) is 59.8 Å². The van der Waals surface area contributed by atoms with Crippen LogP contribution >= 0.6 is 0 Å². The van der Waals surface area contributed by atoms with Crippen LogP contribution in [-0.2, 0) is 0 Å². The number of aliphatic hydroxyl groups is 2. The lowest BCUT2D eigenvalue weighted by Crippen LogP contribution is -2.42. The fraction of sp³-hybridized carbons (Fsp3) is 0.667. The van der Waals surface area contributed by atoms with E-state index in [4.69, 9.17) is 9.47 Å². The predicted molar refractivity (Wildman–Crippen MR) is 174 cm³/mol. The van der Waals surface area contributed by atoms with Crippen LogP contribution in [0.3, 0.4) is 0 Å². The van der Waals surface area contributed by atoms with Gasteiger partial charge in [-0.05, 0) is 102 Å². The van der Waals surface area contributed by atoms with Crippen LogP contribution in [0.4, 0.5) is 0 Å². The zero-order valence-corrected chi connectivity index (χ0v) is 27.1. The first kappa shape index (κ1) is 34.4. The first-order valence-corrected chi connectivity index (χ1v) is 16.2. The maximum atomic E-state index is 10.0. The quantitative estimate of drug-likeness (QED) is 0.217. The third-order valence-electron chi connectivity index (χ3n) is 8.03. The largest absolute Gasteiger partial charge is 0.491 e. The van der Waals surface area contributed by atoms with Crippen LogP contribution < -0.4 is 20.1 Å². The van der Waals surface area contributed by atoms with E-state index < -0.39 is 12.2 Å². The van der Waals surface area contributed by atoms with E-state index in [9.17, 15) is 10.2 Å². The van der Waals surface area contributed by atoms with Crippen molar-refractivity contribution in [3.8, 4) is 11.5 Å². The molecule has 2 aliphatic rings. The lowest BCUT2D eigenvalue weighted by atomic mass is 9.97. The molecule has 2 aliphatic carbocycles. The molecule has 4 rings (SSSR count). The van der Waals surface area contributed by atoms with Crippen LogP contribution in [0.25, 0.3) is 0 Å². The molecule has 0 amide bonds. The maximum Gasteiger partial charge on any atom is 0.122 e. The van der Waals surface area contributed by atoms with Gasteiger partial charge in [-0.1, -0.05) is 62.1 Å². The van der Waals surface area contributed by atoms with Crippen molar-refractivity contribution < 1.29 is 19.7 Å². The molecule has 0 bridgehead atoms. The minimum atomic E-state index is -0.485. The molecule has 2 saturated carbocycles. The Hall–Kier alpha value is -2.12. The van der Waals surface area contributed by atoms with E-state index in [1.54, 1.807) is 0 Å². The van der Waals surface area contributed by atoms with E-state index in [1.165, 1.54) is 62.5 Å². The Morgan fingerprint density at radius 1 is 0.619 bits per heavy atom. The van der Waals surface area contributed by atoms with Gasteiger partial charge in [0.15, 0.2) is 0 Å². The van der Waals surface area contributed by atoms with Crippen molar-refractivity contribution in [1.82, 2.24) is 10.6 Å². The van der Waals surface area contributed by atoms with Gasteiger partial charge in [-0.3, -0.25) is 0 Å². The molecule has 42 heavy (non-hydrogen) atoms. The lowest BCUT2D eigenvalue weighted by molar-refractivity contribution is 0.0993. The van der Waals surface area contributed by atoms with Crippen LogP contribution in [0.15, 0.2) is 48.5 Å².